The number of carbonyl (C=O) groups is 1. The van der Waals surface area contributed by atoms with Crippen LogP contribution in [0, 0.1) is 10.1 Å². The van der Waals surface area contributed by atoms with E-state index in [1.807, 2.05) is 36.4 Å². The van der Waals surface area contributed by atoms with Gasteiger partial charge in [0.2, 0.25) is 6.54 Å². The van der Waals surface area contributed by atoms with Gasteiger partial charge in [-0.3, -0.25) is 14.7 Å². The van der Waals surface area contributed by atoms with Crippen LogP contribution in [0.4, 0.5) is 4.79 Å². The van der Waals surface area contributed by atoms with E-state index in [0.29, 0.717) is 16.7 Å². The molecule has 0 fully saturated rings. The second kappa shape index (κ2) is 7.93. The topological polar surface area (TPSA) is 105 Å². The highest BCUT2D eigenvalue weighted by molar-refractivity contribution is 5.75. The van der Waals surface area contributed by atoms with Gasteiger partial charge in [0.25, 0.3) is 0 Å². The Hall–Kier alpha value is -4.01. The molecular formula is C20H17N5O4. The normalized spacial score (nSPS) is 12.0. The maximum Gasteiger partial charge on any atom is 0.418 e. The average Bonchev–Trinajstić information content (AvgIpc) is 3.38. The summed E-state index contributed by atoms with van der Waals surface area (Å²) >= 11 is 0. The summed E-state index contributed by atoms with van der Waals surface area (Å²) in [5, 5.41) is 19.5. The Morgan fingerprint density at radius 2 is 1.83 bits per heavy atom. The Balaban J connectivity index is 1.65. The molecule has 146 valence electrons. The summed E-state index contributed by atoms with van der Waals surface area (Å²) in [7, 11) is 0. The largest absolute Gasteiger partial charge is 0.444 e. The van der Waals surface area contributed by atoms with E-state index in [9.17, 15) is 14.9 Å². The number of nitro groups is 1. The van der Waals surface area contributed by atoms with Crippen LogP contribution in [-0.2, 0) is 11.3 Å². The summed E-state index contributed by atoms with van der Waals surface area (Å²) in [5.74, 6) is 0. The highest BCUT2D eigenvalue weighted by Crippen LogP contribution is 2.23. The number of para-hydroxylation sites is 1. The van der Waals surface area contributed by atoms with E-state index in [-0.39, 0.29) is 6.61 Å². The fraction of sp³-hybridized carbons (Fsp3) is 0.150. The van der Waals surface area contributed by atoms with Crippen molar-refractivity contribution in [2.24, 2.45) is 0 Å². The first kappa shape index (κ1) is 18.4. The monoisotopic (exact) mass is 391 g/mol. The molecule has 0 unspecified atom stereocenters. The lowest BCUT2D eigenvalue weighted by Crippen LogP contribution is -2.26. The molecule has 0 bridgehead atoms. The third kappa shape index (κ3) is 3.84. The van der Waals surface area contributed by atoms with E-state index in [0.717, 1.165) is 5.56 Å². The Labute approximate surface area is 165 Å². The van der Waals surface area contributed by atoms with Crippen LogP contribution in [0.5, 0.6) is 0 Å². The second-order valence-electron chi connectivity index (χ2n) is 6.40. The molecule has 4 aromatic rings. The molecule has 0 spiro atoms. The quantitative estimate of drug-likeness (QED) is 0.369. The highest BCUT2D eigenvalue weighted by atomic mass is 16.6. The van der Waals surface area contributed by atoms with E-state index < -0.39 is 23.6 Å². The summed E-state index contributed by atoms with van der Waals surface area (Å²) in [4.78, 5) is 23.6. The number of fused-ring (bicyclic) bond motifs is 1. The van der Waals surface area contributed by atoms with Crippen molar-refractivity contribution < 1.29 is 14.5 Å². The van der Waals surface area contributed by atoms with Crippen LogP contribution in [0.25, 0.3) is 11.0 Å². The van der Waals surface area contributed by atoms with Gasteiger partial charge in [0.1, 0.15) is 12.1 Å². The highest BCUT2D eigenvalue weighted by Gasteiger charge is 2.28. The molecule has 2 heterocycles. The molecule has 0 amide bonds. The number of rotatable bonds is 6. The van der Waals surface area contributed by atoms with Crippen molar-refractivity contribution in [3.8, 4) is 0 Å². The van der Waals surface area contributed by atoms with E-state index >= 15 is 0 Å². The summed E-state index contributed by atoms with van der Waals surface area (Å²) in [6.45, 7) is -0.354. The standard InChI is InChI=1S/C20H17N5O4/c26-20(29-14-15-7-2-1-3-8-15)23-12-6-11-18(23)19(13-24(27)28)25-17-10-5-4-9-16(17)21-22-25/h1-12,19H,13-14H2/t19-/m0/s1. The van der Waals surface area contributed by atoms with Gasteiger partial charge in [-0.25, -0.2) is 9.48 Å². The van der Waals surface area contributed by atoms with E-state index in [1.54, 1.807) is 30.3 Å². The summed E-state index contributed by atoms with van der Waals surface area (Å²) in [5.41, 5.74) is 2.50. The molecule has 0 aliphatic rings. The molecule has 2 aromatic carbocycles. The minimum atomic E-state index is -0.823. The first-order valence-corrected chi connectivity index (χ1v) is 8.93. The molecule has 0 saturated carbocycles. The fourth-order valence-corrected chi connectivity index (χ4v) is 3.18. The van der Waals surface area contributed by atoms with Gasteiger partial charge < -0.3 is 4.74 Å². The molecule has 9 nitrogen and oxygen atoms in total. The van der Waals surface area contributed by atoms with Gasteiger partial charge in [-0.2, -0.15) is 0 Å². The van der Waals surface area contributed by atoms with Crippen molar-refractivity contribution in [3.05, 3.63) is 94.3 Å². The van der Waals surface area contributed by atoms with Gasteiger partial charge >= 0.3 is 6.09 Å². The predicted octanol–water partition coefficient (Wildman–Crippen LogP) is 3.28. The van der Waals surface area contributed by atoms with Crippen molar-refractivity contribution in [1.82, 2.24) is 19.6 Å². The summed E-state index contributed by atoms with van der Waals surface area (Å²) < 4.78 is 8.12. The van der Waals surface area contributed by atoms with Crippen molar-refractivity contribution in [2.45, 2.75) is 12.6 Å². The smallest absolute Gasteiger partial charge is 0.418 e. The zero-order valence-corrected chi connectivity index (χ0v) is 15.3. The van der Waals surface area contributed by atoms with Crippen LogP contribution in [0.1, 0.15) is 17.3 Å². The Kier molecular flexibility index (Phi) is 5.02. The van der Waals surface area contributed by atoms with Crippen molar-refractivity contribution >= 4 is 17.1 Å². The third-order valence-corrected chi connectivity index (χ3v) is 4.52. The molecule has 0 aliphatic carbocycles. The molecule has 0 aliphatic heterocycles. The molecule has 2 aromatic heterocycles. The summed E-state index contributed by atoms with van der Waals surface area (Å²) in [6.07, 6.45) is 0.904. The first-order chi connectivity index (χ1) is 14.1. The average molecular weight is 391 g/mol. The van der Waals surface area contributed by atoms with Gasteiger partial charge in [-0.1, -0.05) is 47.7 Å². The molecule has 0 saturated heterocycles. The Bertz CT molecular complexity index is 1150. The van der Waals surface area contributed by atoms with Crippen LogP contribution in [-0.4, -0.2) is 37.1 Å². The van der Waals surface area contributed by atoms with Gasteiger partial charge in [-0.15, -0.1) is 5.10 Å². The van der Waals surface area contributed by atoms with Gasteiger partial charge in [-0.05, 0) is 29.8 Å². The molecule has 29 heavy (non-hydrogen) atoms. The number of carbonyl (C=O) groups excluding carboxylic acids is 1. The van der Waals surface area contributed by atoms with Crippen molar-refractivity contribution in [1.29, 1.82) is 0 Å². The minimum Gasteiger partial charge on any atom is -0.444 e. The number of hydrogen-bond donors (Lipinski definition) is 0. The molecule has 0 N–H and O–H groups in total. The van der Waals surface area contributed by atoms with Gasteiger partial charge in [0.15, 0.2) is 6.04 Å². The molecule has 1 atom stereocenters. The number of ether oxygens (including phenoxy) is 1. The third-order valence-electron chi connectivity index (χ3n) is 4.52. The lowest BCUT2D eigenvalue weighted by atomic mass is 10.2. The van der Waals surface area contributed by atoms with Crippen LogP contribution in [0.15, 0.2) is 72.9 Å². The van der Waals surface area contributed by atoms with Gasteiger partial charge in [0.05, 0.1) is 11.2 Å². The number of aromatic nitrogens is 4. The number of hydrogen-bond acceptors (Lipinski definition) is 6. The van der Waals surface area contributed by atoms with E-state index in [2.05, 4.69) is 10.3 Å². The minimum absolute atomic E-state index is 0.101. The Morgan fingerprint density at radius 3 is 2.62 bits per heavy atom. The van der Waals surface area contributed by atoms with Crippen LogP contribution in [0.2, 0.25) is 0 Å². The molecular weight excluding hydrogens is 374 g/mol. The van der Waals surface area contributed by atoms with Gasteiger partial charge in [0, 0.05) is 11.1 Å². The number of benzene rings is 2. The lowest BCUT2D eigenvalue weighted by Gasteiger charge is -2.16. The van der Waals surface area contributed by atoms with Crippen LogP contribution in [0.3, 0.4) is 0 Å². The molecule has 9 heteroatoms. The zero-order chi connectivity index (χ0) is 20.2. The van der Waals surface area contributed by atoms with Crippen molar-refractivity contribution in [2.75, 3.05) is 6.54 Å². The summed E-state index contributed by atoms with van der Waals surface area (Å²) in [6, 6.07) is 18.9. The Morgan fingerprint density at radius 1 is 1.07 bits per heavy atom. The van der Waals surface area contributed by atoms with Crippen LogP contribution < -0.4 is 0 Å². The maximum atomic E-state index is 12.6. The fourth-order valence-electron chi connectivity index (χ4n) is 3.18. The lowest BCUT2D eigenvalue weighted by molar-refractivity contribution is -0.484. The predicted molar refractivity (Wildman–Crippen MR) is 104 cm³/mol. The number of nitrogens with zero attached hydrogens (tertiary/aromatic N) is 5. The van der Waals surface area contributed by atoms with Crippen LogP contribution >= 0.6 is 0 Å². The van der Waals surface area contributed by atoms with E-state index in [1.165, 1.54) is 15.4 Å². The first-order valence-electron chi connectivity index (χ1n) is 8.93. The maximum absolute atomic E-state index is 12.6. The van der Waals surface area contributed by atoms with E-state index in [4.69, 9.17) is 4.74 Å². The molecule has 4 rings (SSSR count). The zero-order valence-electron chi connectivity index (χ0n) is 15.3. The van der Waals surface area contributed by atoms with Crippen molar-refractivity contribution in [3.63, 3.8) is 0 Å². The SMILES string of the molecule is O=C(OCc1ccccc1)n1cccc1[C@H](C[N+](=O)[O-])n1nnc2ccccc21. The second-order valence-corrected chi connectivity index (χ2v) is 6.40. The molecule has 0 radical (unpaired) electrons.